The SMILES string of the molecule is [Bi].[Bi].[Bi].[Gd].[Gd].[Gd].[Gd].[Gd]. The van der Waals surface area contributed by atoms with Crippen LogP contribution in [0.4, 0.5) is 0 Å². The minimum Gasteiger partial charge on any atom is 0 e. The molecule has 0 bridgehead atoms. The Balaban J connectivity index is 0. The molecule has 0 aliphatic heterocycles. The predicted molar refractivity (Wildman–Crippen MR) is 17.3 cm³/mol. The molecule has 0 aromatic rings. The van der Waals surface area contributed by atoms with Crippen molar-refractivity contribution in [2.45, 2.75) is 0 Å². The molecule has 0 aliphatic rings. The summed E-state index contributed by atoms with van der Waals surface area (Å²) in [5.74, 6) is 0. The van der Waals surface area contributed by atoms with Gasteiger partial charge in [0.1, 0.15) is 0 Å². The normalized spacial score (nSPS) is 0. The summed E-state index contributed by atoms with van der Waals surface area (Å²) in [5.41, 5.74) is 0. The minimum absolute atomic E-state index is 0. The fourth-order valence-electron chi connectivity index (χ4n) is 0. The molecule has 0 saturated heterocycles. The maximum Gasteiger partial charge on any atom is 0 e. The van der Waals surface area contributed by atoms with E-state index < -0.39 is 0 Å². The van der Waals surface area contributed by atoms with Crippen molar-refractivity contribution in [3.05, 3.63) is 0 Å². The zero-order valence-corrected chi connectivity index (χ0v) is 24.9. The van der Waals surface area contributed by atoms with Crippen LogP contribution in [0.1, 0.15) is 0 Å². The first-order valence-corrected chi connectivity index (χ1v) is 0. The van der Waals surface area contributed by atoms with Gasteiger partial charge in [0, 0.05) is 278 Å². The average Bonchev–Trinajstić information content (AvgIpc) is 0. The molecule has 0 nitrogen and oxygen atoms in total. The third-order valence-electron chi connectivity index (χ3n) is 0. The fourth-order valence-corrected chi connectivity index (χ4v) is 0. The van der Waals surface area contributed by atoms with Crippen molar-refractivity contribution >= 4 is 78.6 Å². The Kier molecular flexibility index (Phi) is 294. The Labute approximate surface area is 268 Å². The van der Waals surface area contributed by atoms with E-state index in [-0.39, 0.29) is 278 Å². The largest absolute Gasteiger partial charge is 0 e. The second-order valence-electron chi connectivity index (χ2n) is 0. The Bertz CT molecular complexity index is 7.64. The van der Waals surface area contributed by atoms with Crippen molar-refractivity contribution in [3.8, 4) is 0 Å². The van der Waals surface area contributed by atoms with E-state index in [1.807, 2.05) is 0 Å². The first-order chi connectivity index (χ1) is 0. The molecule has 0 amide bonds. The molecule has 0 saturated carbocycles. The zero-order chi connectivity index (χ0) is 0. The van der Waals surface area contributed by atoms with Gasteiger partial charge < -0.3 is 0 Å². The molecule has 0 N–H and O–H groups in total. The number of rotatable bonds is 0. The second kappa shape index (κ2) is 44.1. The minimum atomic E-state index is 0. The van der Waals surface area contributed by atoms with Crippen molar-refractivity contribution < 1.29 is 200 Å². The van der Waals surface area contributed by atoms with Crippen LogP contribution >= 0.6 is 0 Å². The zero-order valence-electron chi connectivity index (χ0n) is 3.11. The van der Waals surface area contributed by atoms with Gasteiger partial charge in [-0.15, -0.1) is 0 Å². The summed E-state index contributed by atoms with van der Waals surface area (Å²) in [4.78, 5) is 0. The van der Waals surface area contributed by atoms with Crippen LogP contribution in [0.3, 0.4) is 0 Å². The van der Waals surface area contributed by atoms with E-state index in [0.29, 0.717) is 0 Å². The summed E-state index contributed by atoms with van der Waals surface area (Å²) in [6.07, 6.45) is 0. The summed E-state index contributed by atoms with van der Waals surface area (Å²) in [6, 6.07) is 0. The van der Waals surface area contributed by atoms with E-state index in [1.54, 1.807) is 0 Å². The van der Waals surface area contributed by atoms with E-state index in [4.69, 9.17) is 0 Å². The Morgan fingerprint density at radius 2 is 0.250 bits per heavy atom. The van der Waals surface area contributed by atoms with Gasteiger partial charge in [0.2, 0.25) is 0 Å². The van der Waals surface area contributed by atoms with Gasteiger partial charge in [-0.1, -0.05) is 0 Å². The Hall–Kier alpha value is 9.27. The molecule has 8 heteroatoms. The van der Waals surface area contributed by atoms with Crippen molar-refractivity contribution in [2.24, 2.45) is 0 Å². The van der Waals surface area contributed by atoms with Gasteiger partial charge in [-0.3, -0.25) is 0 Å². The standard InChI is InChI=1S/3Bi.5Gd. The first-order valence-electron chi connectivity index (χ1n) is 0. The van der Waals surface area contributed by atoms with Crippen LogP contribution in [0.25, 0.3) is 0 Å². The van der Waals surface area contributed by atoms with E-state index in [9.17, 15) is 0 Å². The van der Waals surface area contributed by atoms with Crippen LogP contribution in [0.5, 0.6) is 0 Å². The molecular formula is Bi3Gd5. The molecular weight excluding hydrogens is 1410 g/mol. The van der Waals surface area contributed by atoms with Crippen LogP contribution in [-0.2, 0) is 0 Å². The summed E-state index contributed by atoms with van der Waals surface area (Å²) in [5, 5.41) is 0. The van der Waals surface area contributed by atoms with Crippen molar-refractivity contribution in [2.75, 3.05) is 0 Å². The van der Waals surface area contributed by atoms with Gasteiger partial charge >= 0.3 is 0 Å². The van der Waals surface area contributed by atoms with Crippen LogP contribution in [0.15, 0.2) is 0 Å². The van der Waals surface area contributed by atoms with E-state index in [0.717, 1.165) is 0 Å². The maximum absolute atomic E-state index is 0. The molecule has 0 spiro atoms. The molecule has 0 rings (SSSR count). The van der Waals surface area contributed by atoms with Crippen molar-refractivity contribution in [1.82, 2.24) is 0 Å². The fraction of sp³-hybridized carbons (Fsp3) is 0. The molecule has 9 radical (unpaired) electrons. The van der Waals surface area contributed by atoms with Crippen LogP contribution in [0.2, 0.25) is 0 Å². The third kappa shape index (κ3) is 36.2. The number of hydrogen-bond donors (Lipinski definition) is 0. The van der Waals surface area contributed by atoms with Crippen LogP contribution in [-0.4, -0.2) is 78.6 Å². The average molecular weight is 1410 g/mol. The Morgan fingerprint density at radius 3 is 0.250 bits per heavy atom. The van der Waals surface area contributed by atoms with E-state index in [1.165, 1.54) is 0 Å². The third-order valence-corrected chi connectivity index (χ3v) is 0. The van der Waals surface area contributed by atoms with Gasteiger partial charge in [-0.2, -0.15) is 0 Å². The molecule has 0 heterocycles. The van der Waals surface area contributed by atoms with Gasteiger partial charge in [-0.25, -0.2) is 0 Å². The Morgan fingerprint density at radius 1 is 0.250 bits per heavy atom. The predicted octanol–water partition coefficient (Wildman–Crippen LogP) is -1.14. The smallest absolute Gasteiger partial charge is 0 e. The number of hydrogen-bond acceptors (Lipinski definition) is 0. The molecule has 0 aliphatic carbocycles. The molecule has 0 aromatic heterocycles. The first kappa shape index (κ1) is 53.2. The van der Waals surface area contributed by atoms with Gasteiger partial charge in [-0.05, 0) is 0 Å². The van der Waals surface area contributed by atoms with Gasteiger partial charge in [0.25, 0.3) is 0 Å². The molecule has 0 aromatic carbocycles. The second-order valence-corrected chi connectivity index (χ2v) is 0. The van der Waals surface area contributed by atoms with E-state index in [2.05, 4.69) is 0 Å². The van der Waals surface area contributed by atoms with Crippen LogP contribution < -0.4 is 0 Å². The quantitative estimate of drug-likeness (QED) is 0.270. The van der Waals surface area contributed by atoms with Crippen LogP contribution in [0, 0.1) is 200 Å². The summed E-state index contributed by atoms with van der Waals surface area (Å²) >= 11 is 0. The van der Waals surface area contributed by atoms with Crippen molar-refractivity contribution in [3.63, 3.8) is 0 Å². The molecule has 0 fully saturated rings. The summed E-state index contributed by atoms with van der Waals surface area (Å²) in [6.45, 7) is 0. The molecule has 8 heavy (non-hydrogen) atoms. The molecule has 0 atom stereocenters. The summed E-state index contributed by atoms with van der Waals surface area (Å²) < 4.78 is 0. The van der Waals surface area contributed by atoms with Crippen molar-refractivity contribution in [1.29, 1.82) is 0 Å². The molecule has 0 unspecified atom stereocenters. The topological polar surface area (TPSA) is 0 Å². The van der Waals surface area contributed by atoms with Gasteiger partial charge in [0.05, 0.1) is 0 Å². The van der Waals surface area contributed by atoms with E-state index >= 15 is 0 Å². The molecule has 55 valence electrons. The summed E-state index contributed by atoms with van der Waals surface area (Å²) in [7, 11) is 0. The monoisotopic (exact) mass is 1420 g/mol. The van der Waals surface area contributed by atoms with Gasteiger partial charge in [0.15, 0.2) is 0 Å². The maximum atomic E-state index is 0.